The summed E-state index contributed by atoms with van der Waals surface area (Å²) in [7, 11) is 0. The van der Waals surface area contributed by atoms with Crippen LogP contribution < -0.4 is 5.73 Å². The smallest absolute Gasteiger partial charge is 0.350 e. The Morgan fingerprint density at radius 1 is 1.33 bits per heavy atom. The molecule has 0 saturated carbocycles. The minimum atomic E-state index is -0.355. The van der Waals surface area contributed by atoms with Crippen molar-refractivity contribution in [3.8, 4) is 10.4 Å². The molecule has 21 heavy (non-hydrogen) atoms. The summed E-state index contributed by atoms with van der Waals surface area (Å²) in [5, 5.41) is 0. The molecule has 0 aliphatic heterocycles. The molecular formula is C15H15Br2NO2S. The molecule has 0 aliphatic rings. The maximum Gasteiger partial charge on any atom is 0.350 e. The first-order chi connectivity index (χ1) is 9.99. The fraction of sp³-hybridized carbons (Fsp3) is 0.267. The summed E-state index contributed by atoms with van der Waals surface area (Å²) >= 11 is 8.43. The Balaban J connectivity index is 2.61. The lowest BCUT2D eigenvalue weighted by atomic mass is 10.1. The van der Waals surface area contributed by atoms with Crippen molar-refractivity contribution in [3.63, 3.8) is 0 Å². The molecule has 0 amide bonds. The number of nitrogen functional groups attached to an aromatic ring is 1. The summed E-state index contributed by atoms with van der Waals surface area (Å²) in [6.07, 6.45) is 0.760. The van der Waals surface area contributed by atoms with Gasteiger partial charge in [-0.1, -0.05) is 38.8 Å². The van der Waals surface area contributed by atoms with Gasteiger partial charge in [0, 0.05) is 19.4 Å². The molecule has 3 nitrogen and oxygen atoms in total. The van der Waals surface area contributed by atoms with E-state index in [4.69, 9.17) is 10.5 Å². The molecule has 112 valence electrons. The highest BCUT2D eigenvalue weighted by molar-refractivity contribution is 9.11. The zero-order valence-corrected chi connectivity index (χ0v) is 15.7. The Kier molecular flexibility index (Phi) is 5.46. The molecular weight excluding hydrogens is 418 g/mol. The van der Waals surface area contributed by atoms with Crippen LogP contribution in [0.4, 0.5) is 5.69 Å². The molecule has 2 aromatic rings. The predicted octanol–water partition coefficient (Wildman–Crippen LogP) is 5.26. The molecule has 6 heteroatoms. The van der Waals surface area contributed by atoms with Crippen LogP contribution in [0, 0.1) is 0 Å². The lowest BCUT2D eigenvalue weighted by molar-refractivity contribution is 0.0533. The first-order valence-electron chi connectivity index (χ1n) is 6.53. The van der Waals surface area contributed by atoms with Crippen LogP contribution >= 0.6 is 43.2 Å². The summed E-state index contributed by atoms with van der Waals surface area (Å²) in [5.74, 6) is -0.355. The highest BCUT2D eigenvalue weighted by Crippen LogP contribution is 2.42. The zero-order valence-electron chi connectivity index (χ0n) is 11.7. The Morgan fingerprint density at radius 3 is 2.67 bits per heavy atom. The van der Waals surface area contributed by atoms with Gasteiger partial charge in [-0.05, 0) is 37.1 Å². The van der Waals surface area contributed by atoms with Crippen molar-refractivity contribution < 1.29 is 9.53 Å². The van der Waals surface area contributed by atoms with E-state index in [9.17, 15) is 4.79 Å². The molecule has 0 atom stereocenters. The largest absolute Gasteiger partial charge is 0.462 e. The van der Waals surface area contributed by atoms with E-state index in [1.54, 1.807) is 6.92 Å². The van der Waals surface area contributed by atoms with Gasteiger partial charge in [-0.2, -0.15) is 0 Å². The van der Waals surface area contributed by atoms with E-state index in [0.717, 1.165) is 31.4 Å². The summed E-state index contributed by atoms with van der Waals surface area (Å²) in [6, 6.07) is 5.95. The van der Waals surface area contributed by atoms with Crippen LogP contribution in [0.1, 0.15) is 29.1 Å². The van der Waals surface area contributed by atoms with Crippen LogP contribution in [0.2, 0.25) is 0 Å². The number of hydrogen-bond acceptors (Lipinski definition) is 4. The molecule has 0 aliphatic carbocycles. The van der Waals surface area contributed by atoms with Gasteiger partial charge in [-0.25, -0.2) is 4.79 Å². The van der Waals surface area contributed by atoms with Crippen molar-refractivity contribution in [2.45, 2.75) is 20.3 Å². The van der Waals surface area contributed by atoms with Crippen LogP contribution in [-0.4, -0.2) is 12.6 Å². The van der Waals surface area contributed by atoms with Crippen LogP contribution in [-0.2, 0) is 11.2 Å². The molecule has 2 rings (SSSR count). The van der Waals surface area contributed by atoms with Crippen molar-refractivity contribution in [1.29, 1.82) is 0 Å². The minimum absolute atomic E-state index is 0.341. The second-order valence-electron chi connectivity index (χ2n) is 4.35. The fourth-order valence-corrected chi connectivity index (χ4v) is 4.24. The average Bonchev–Trinajstić information content (AvgIpc) is 2.78. The maximum atomic E-state index is 12.0. The van der Waals surface area contributed by atoms with Crippen LogP contribution in [0.25, 0.3) is 10.4 Å². The number of nitrogens with two attached hydrogens (primary N) is 1. The second kappa shape index (κ2) is 6.94. The molecule has 0 saturated heterocycles. The predicted molar refractivity (Wildman–Crippen MR) is 94.9 cm³/mol. The minimum Gasteiger partial charge on any atom is -0.462 e. The summed E-state index contributed by atoms with van der Waals surface area (Å²) in [6.45, 7) is 4.16. The van der Waals surface area contributed by atoms with Gasteiger partial charge in [0.25, 0.3) is 0 Å². The number of esters is 1. The molecule has 1 aromatic carbocycles. The third kappa shape index (κ3) is 3.33. The van der Waals surface area contributed by atoms with Gasteiger partial charge in [-0.15, -0.1) is 11.3 Å². The SMILES string of the molecule is CCOC(=O)c1sc(-c2cc(Br)ccc2Br)c(CC)c1N. The van der Waals surface area contributed by atoms with Gasteiger partial charge in [-0.3, -0.25) is 0 Å². The van der Waals surface area contributed by atoms with Gasteiger partial charge in [0.15, 0.2) is 0 Å². The lowest BCUT2D eigenvalue weighted by Crippen LogP contribution is -2.05. The van der Waals surface area contributed by atoms with E-state index in [2.05, 4.69) is 31.9 Å². The maximum absolute atomic E-state index is 12.0. The Hall–Kier alpha value is -0.850. The normalized spacial score (nSPS) is 10.7. The van der Waals surface area contributed by atoms with Crippen molar-refractivity contribution in [3.05, 3.63) is 37.6 Å². The third-order valence-corrected chi connectivity index (χ3v) is 5.48. The molecule has 0 fully saturated rings. The van der Waals surface area contributed by atoms with E-state index in [1.807, 2.05) is 25.1 Å². The van der Waals surface area contributed by atoms with Gasteiger partial charge >= 0.3 is 5.97 Å². The summed E-state index contributed by atoms with van der Waals surface area (Å²) < 4.78 is 7.03. The summed E-state index contributed by atoms with van der Waals surface area (Å²) in [5.41, 5.74) is 8.69. The van der Waals surface area contributed by atoms with Crippen molar-refractivity contribution in [2.75, 3.05) is 12.3 Å². The van der Waals surface area contributed by atoms with Crippen LogP contribution in [0.15, 0.2) is 27.1 Å². The first kappa shape index (κ1) is 16.5. The Bertz CT molecular complexity index is 683. The Labute approximate surface area is 144 Å². The van der Waals surface area contributed by atoms with Crippen molar-refractivity contribution in [1.82, 2.24) is 0 Å². The number of benzene rings is 1. The van der Waals surface area contributed by atoms with E-state index >= 15 is 0 Å². The first-order valence-corrected chi connectivity index (χ1v) is 8.93. The number of carbonyl (C=O) groups excluding carboxylic acids is 1. The average molecular weight is 433 g/mol. The van der Waals surface area contributed by atoms with E-state index < -0.39 is 0 Å². The van der Waals surface area contributed by atoms with Gasteiger partial charge in [0.2, 0.25) is 0 Å². The monoisotopic (exact) mass is 431 g/mol. The number of carbonyl (C=O) groups is 1. The molecule has 0 bridgehead atoms. The van der Waals surface area contributed by atoms with Gasteiger partial charge < -0.3 is 10.5 Å². The van der Waals surface area contributed by atoms with Gasteiger partial charge in [0.05, 0.1) is 12.3 Å². The number of halogens is 2. The number of rotatable bonds is 4. The zero-order chi connectivity index (χ0) is 15.6. The number of thiophene rings is 1. The van der Waals surface area contributed by atoms with Crippen LogP contribution in [0.5, 0.6) is 0 Å². The number of anilines is 1. The molecule has 1 aromatic heterocycles. The van der Waals surface area contributed by atoms with Crippen molar-refractivity contribution in [2.24, 2.45) is 0 Å². The number of ether oxygens (including phenoxy) is 1. The fourth-order valence-electron chi connectivity index (χ4n) is 2.07. The highest BCUT2D eigenvalue weighted by atomic mass is 79.9. The van der Waals surface area contributed by atoms with E-state index in [-0.39, 0.29) is 5.97 Å². The number of hydrogen-bond donors (Lipinski definition) is 1. The van der Waals surface area contributed by atoms with Gasteiger partial charge in [0.1, 0.15) is 4.88 Å². The second-order valence-corrected chi connectivity index (χ2v) is 7.14. The standard InChI is InChI=1S/C15H15Br2NO2S/c1-3-9-12(18)14(15(19)20-4-2)21-13(9)10-7-8(16)5-6-11(10)17/h5-7H,3-4,18H2,1-2H3. The molecule has 0 spiro atoms. The third-order valence-electron chi connectivity index (χ3n) is 3.04. The molecule has 0 unspecified atom stereocenters. The Morgan fingerprint density at radius 2 is 2.05 bits per heavy atom. The van der Waals surface area contributed by atoms with Crippen LogP contribution in [0.3, 0.4) is 0 Å². The topological polar surface area (TPSA) is 52.3 Å². The molecule has 2 N–H and O–H groups in total. The van der Waals surface area contributed by atoms with E-state index in [0.29, 0.717) is 17.2 Å². The van der Waals surface area contributed by atoms with E-state index in [1.165, 1.54) is 11.3 Å². The van der Waals surface area contributed by atoms with Crippen molar-refractivity contribution >= 4 is 54.9 Å². The summed E-state index contributed by atoms with van der Waals surface area (Å²) in [4.78, 5) is 13.5. The molecule has 1 heterocycles. The lowest BCUT2D eigenvalue weighted by Gasteiger charge is -2.06. The quantitative estimate of drug-likeness (QED) is 0.670. The molecule has 0 radical (unpaired) electrons. The highest BCUT2D eigenvalue weighted by Gasteiger charge is 2.22.